The van der Waals surface area contributed by atoms with Crippen LogP contribution in [-0.4, -0.2) is 22.5 Å². The molecule has 6 heteroatoms. The van der Waals surface area contributed by atoms with Gasteiger partial charge in [0.05, 0.1) is 23.5 Å². The Morgan fingerprint density at radius 1 is 1.17 bits per heavy atom. The Bertz CT molecular complexity index is 688. The third kappa shape index (κ3) is 4.14. The van der Waals surface area contributed by atoms with Gasteiger partial charge in [-0.2, -0.15) is 0 Å². The monoisotopic (exact) mass is 314 g/mol. The highest BCUT2D eigenvalue weighted by Gasteiger charge is 2.21. The van der Waals surface area contributed by atoms with Gasteiger partial charge in [-0.25, -0.2) is 0 Å². The van der Waals surface area contributed by atoms with Crippen molar-refractivity contribution in [2.75, 3.05) is 6.61 Å². The van der Waals surface area contributed by atoms with E-state index in [1.807, 2.05) is 30.3 Å². The summed E-state index contributed by atoms with van der Waals surface area (Å²) in [5.74, 6) is -0.860. The smallest absolute Gasteiger partial charge is 0.269 e. The maximum absolute atomic E-state index is 12.4. The molecule has 0 bridgehead atoms. The molecule has 0 heterocycles. The fourth-order valence-corrected chi connectivity index (χ4v) is 2.28. The fraction of sp³-hybridized carbons (Fsp3) is 0.235. The van der Waals surface area contributed by atoms with E-state index >= 15 is 0 Å². The van der Waals surface area contributed by atoms with Crippen LogP contribution in [0.25, 0.3) is 0 Å². The third-order valence-electron chi connectivity index (χ3n) is 3.68. The number of aliphatic hydroxyl groups excluding tert-OH is 1. The first-order valence-electron chi connectivity index (χ1n) is 7.23. The molecule has 0 fully saturated rings. The Kier molecular flexibility index (Phi) is 5.43. The lowest BCUT2D eigenvalue weighted by Gasteiger charge is -2.20. The number of non-ortho nitro benzene ring substituents is 1. The van der Waals surface area contributed by atoms with Crippen LogP contribution >= 0.6 is 0 Å². The zero-order chi connectivity index (χ0) is 16.8. The minimum atomic E-state index is -0.562. The summed E-state index contributed by atoms with van der Waals surface area (Å²) in [6.07, 6.45) is 0. The number of benzene rings is 2. The molecule has 2 aromatic rings. The van der Waals surface area contributed by atoms with Gasteiger partial charge in [-0.1, -0.05) is 42.5 Å². The van der Waals surface area contributed by atoms with Gasteiger partial charge in [0.2, 0.25) is 5.91 Å². The summed E-state index contributed by atoms with van der Waals surface area (Å²) in [5, 5.41) is 23.1. The van der Waals surface area contributed by atoms with Crippen molar-refractivity contribution in [3.05, 3.63) is 75.8 Å². The van der Waals surface area contributed by atoms with Gasteiger partial charge in [0.15, 0.2) is 0 Å². The lowest BCUT2D eigenvalue weighted by Crippen LogP contribution is -2.33. The molecule has 2 rings (SSSR count). The molecule has 0 spiro atoms. The molecule has 2 aromatic carbocycles. The molecule has 0 aliphatic rings. The normalized spacial score (nSPS) is 13.1. The first kappa shape index (κ1) is 16.6. The average molecular weight is 314 g/mol. The van der Waals surface area contributed by atoms with Crippen LogP contribution in [0.15, 0.2) is 54.6 Å². The number of nitro groups is 1. The standard InChI is InChI=1S/C17H18N2O4/c1-12(14-8-5-9-15(10-14)19(22)23)17(21)18-16(11-20)13-6-3-2-4-7-13/h2-10,12,16,20H,11H2,1H3,(H,18,21)/t12?,16-/m0/s1. The summed E-state index contributed by atoms with van der Waals surface area (Å²) >= 11 is 0. The minimum Gasteiger partial charge on any atom is -0.394 e. The number of hydrogen-bond donors (Lipinski definition) is 2. The molecule has 2 N–H and O–H groups in total. The number of nitro benzene ring substituents is 1. The second-order valence-corrected chi connectivity index (χ2v) is 5.23. The fourth-order valence-electron chi connectivity index (χ4n) is 2.28. The van der Waals surface area contributed by atoms with E-state index in [-0.39, 0.29) is 18.2 Å². The largest absolute Gasteiger partial charge is 0.394 e. The van der Waals surface area contributed by atoms with Crippen molar-refractivity contribution >= 4 is 11.6 Å². The summed E-state index contributed by atoms with van der Waals surface area (Å²) < 4.78 is 0. The molecule has 6 nitrogen and oxygen atoms in total. The highest BCUT2D eigenvalue weighted by atomic mass is 16.6. The van der Waals surface area contributed by atoms with E-state index in [4.69, 9.17) is 0 Å². The van der Waals surface area contributed by atoms with Crippen molar-refractivity contribution in [2.24, 2.45) is 0 Å². The first-order valence-corrected chi connectivity index (χ1v) is 7.23. The van der Waals surface area contributed by atoms with E-state index in [0.29, 0.717) is 5.56 Å². The molecule has 0 saturated heterocycles. The van der Waals surface area contributed by atoms with Gasteiger partial charge in [0.1, 0.15) is 0 Å². The van der Waals surface area contributed by atoms with E-state index in [1.165, 1.54) is 12.1 Å². The van der Waals surface area contributed by atoms with E-state index in [1.54, 1.807) is 19.1 Å². The maximum Gasteiger partial charge on any atom is 0.269 e. The van der Waals surface area contributed by atoms with Crippen LogP contribution in [0, 0.1) is 10.1 Å². The van der Waals surface area contributed by atoms with Crippen molar-refractivity contribution in [2.45, 2.75) is 18.9 Å². The Balaban J connectivity index is 2.13. The molecule has 0 aliphatic carbocycles. The minimum absolute atomic E-state index is 0.0519. The number of hydrogen-bond acceptors (Lipinski definition) is 4. The first-order chi connectivity index (χ1) is 11.0. The van der Waals surface area contributed by atoms with Gasteiger partial charge in [-0.15, -0.1) is 0 Å². The molecule has 23 heavy (non-hydrogen) atoms. The van der Waals surface area contributed by atoms with Gasteiger partial charge in [0, 0.05) is 12.1 Å². The summed E-state index contributed by atoms with van der Waals surface area (Å²) in [5.41, 5.74) is 1.31. The van der Waals surface area contributed by atoms with E-state index in [9.17, 15) is 20.0 Å². The average Bonchev–Trinajstić information content (AvgIpc) is 2.59. The van der Waals surface area contributed by atoms with Crippen LogP contribution in [0.2, 0.25) is 0 Å². The number of rotatable bonds is 6. The van der Waals surface area contributed by atoms with Crippen LogP contribution in [0.3, 0.4) is 0 Å². The number of amides is 1. The number of nitrogens with zero attached hydrogens (tertiary/aromatic N) is 1. The van der Waals surface area contributed by atoms with Crippen molar-refractivity contribution in [3.8, 4) is 0 Å². The van der Waals surface area contributed by atoms with E-state index in [2.05, 4.69) is 5.32 Å². The number of carbonyl (C=O) groups excluding carboxylic acids is 1. The van der Waals surface area contributed by atoms with Crippen molar-refractivity contribution in [3.63, 3.8) is 0 Å². The number of carbonyl (C=O) groups is 1. The van der Waals surface area contributed by atoms with Gasteiger partial charge in [-0.3, -0.25) is 14.9 Å². The van der Waals surface area contributed by atoms with Crippen LogP contribution in [0.4, 0.5) is 5.69 Å². The number of aliphatic hydroxyl groups is 1. The summed E-state index contributed by atoms with van der Waals surface area (Å²) in [7, 11) is 0. The second-order valence-electron chi connectivity index (χ2n) is 5.23. The van der Waals surface area contributed by atoms with Gasteiger partial charge < -0.3 is 10.4 Å². The topological polar surface area (TPSA) is 92.5 Å². The van der Waals surface area contributed by atoms with Crippen molar-refractivity contribution in [1.82, 2.24) is 5.32 Å². The van der Waals surface area contributed by atoms with Crippen LogP contribution in [0.5, 0.6) is 0 Å². The number of nitrogens with one attached hydrogen (secondary N) is 1. The maximum atomic E-state index is 12.4. The van der Waals surface area contributed by atoms with E-state index in [0.717, 1.165) is 5.56 Å². The van der Waals surface area contributed by atoms with Gasteiger partial charge in [-0.05, 0) is 18.1 Å². The predicted octanol–water partition coefficient (Wildman–Crippen LogP) is 2.55. The van der Waals surface area contributed by atoms with E-state index < -0.39 is 16.9 Å². The lowest BCUT2D eigenvalue weighted by atomic mass is 9.98. The van der Waals surface area contributed by atoms with Crippen molar-refractivity contribution < 1.29 is 14.8 Å². The van der Waals surface area contributed by atoms with Gasteiger partial charge >= 0.3 is 0 Å². The third-order valence-corrected chi connectivity index (χ3v) is 3.68. The summed E-state index contributed by atoms with van der Waals surface area (Å²) in [6, 6.07) is 14.6. The molecule has 1 amide bonds. The van der Waals surface area contributed by atoms with Crippen LogP contribution < -0.4 is 5.32 Å². The Morgan fingerprint density at radius 2 is 1.83 bits per heavy atom. The zero-order valence-electron chi connectivity index (χ0n) is 12.7. The second kappa shape index (κ2) is 7.51. The summed E-state index contributed by atoms with van der Waals surface area (Å²) in [4.78, 5) is 22.7. The predicted molar refractivity (Wildman–Crippen MR) is 85.9 cm³/mol. The molecule has 0 aromatic heterocycles. The molecule has 0 saturated carbocycles. The Hall–Kier alpha value is -2.73. The molecule has 1 unspecified atom stereocenters. The molecule has 0 radical (unpaired) electrons. The SMILES string of the molecule is CC(C(=O)N[C@@H](CO)c1ccccc1)c1cccc([N+](=O)[O-])c1. The molecule has 120 valence electrons. The quantitative estimate of drug-likeness (QED) is 0.633. The molecule has 0 aliphatic heterocycles. The van der Waals surface area contributed by atoms with Crippen LogP contribution in [-0.2, 0) is 4.79 Å². The Morgan fingerprint density at radius 3 is 2.43 bits per heavy atom. The lowest BCUT2D eigenvalue weighted by molar-refractivity contribution is -0.384. The molecule has 2 atom stereocenters. The molecular weight excluding hydrogens is 296 g/mol. The highest BCUT2D eigenvalue weighted by Crippen LogP contribution is 2.22. The molecular formula is C17H18N2O4. The van der Waals surface area contributed by atoms with Crippen LogP contribution in [0.1, 0.15) is 30.0 Å². The highest BCUT2D eigenvalue weighted by molar-refractivity contribution is 5.83. The summed E-state index contributed by atoms with van der Waals surface area (Å²) in [6.45, 7) is 1.45. The van der Waals surface area contributed by atoms with Crippen molar-refractivity contribution in [1.29, 1.82) is 0 Å². The zero-order valence-corrected chi connectivity index (χ0v) is 12.7. The Labute approximate surface area is 133 Å². The van der Waals surface area contributed by atoms with Gasteiger partial charge in [0.25, 0.3) is 5.69 Å².